The number of pyridine rings is 1. The lowest BCUT2D eigenvalue weighted by Gasteiger charge is -2.49. The van der Waals surface area contributed by atoms with Crippen LogP contribution in [-0.4, -0.2) is 32.6 Å². The predicted molar refractivity (Wildman–Crippen MR) is 82.0 cm³/mol. The zero-order chi connectivity index (χ0) is 15.6. The standard InChI is InChI=1S/C17H22N2O3/c1-9-7-18-8-13-12(11-4-5-11)6-3-10(2)19(13)17(22)14(18)16(21)15(9)20/h7,10-13,21H,3-6,8H2,1-2H3/t10-,12?,13-/m0/s1. The fraction of sp³-hybridized carbons (Fsp3) is 0.647. The third kappa shape index (κ3) is 1.84. The molecular weight excluding hydrogens is 280 g/mol. The van der Waals surface area contributed by atoms with E-state index in [2.05, 4.69) is 6.92 Å². The second kappa shape index (κ2) is 4.61. The molecule has 1 aromatic rings. The smallest absolute Gasteiger partial charge is 0.275 e. The molecule has 0 radical (unpaired) electrons. The van der Waals surface area contributed by atoms with E-state index in [9.17, 15) is 14.7 Å². The van der Waals surface area contributed by atoms with E-state index in [1.54, 1.807) is 13.1 Å². The van der Waals surface area contributed by atoms with Gasteiger partial charge < -0.3 is 14.6 Å². The molecule has 118 valence electrons. The van der Waals surface area contributed by atoms with Crippen LogP contribution in [0.2, 0.25) is 0 Å². The van der Waals surface area contributed by atoms with Crippen LogP contribution in [0.4, 0.5) is 0 Å². The van der Waals surface area contributed by atoms with Gasteiger partial charge in [0.1, 0.15) is 0 Å². The van der Waals surface area contributed by atoms with Gasteiger partial charge in [0.05, 0.1) is 6.04 Å². The summed E-state index contributed by atoms with van der Waals surface area (Å²) in [5.74, 6) is 0.756. The van der Waals surface area contributed by atoms with Crippen LogP contribution in [0.3, 0.4) is 0 Å². The van der Waals surface area contributed by atoms with Crippen LogP contribution in [0, 0.1) is 18.8 Å². The highest BCUT2D eigenvalue weighted by Gasteiger charge is 2.48. The molecule has 1 saturated heterocycles. The molecule has 3 heterocycles. The number of fused-ring (bicyclic) bond motifs is 2. The third-order valence-electron chi connectivity index (χ3n) is 5.73. The molecule has 3 aliphatic rings. The van der Waals surface area contributed by atoms with Gasteiger partial charge in [0.2, 0.25) is 5.43 Å². The Labute approximate surface area is 129 Å². The Morgan fingerprint density at radius 1 is 1.18 bits per heavy atom. The molecule has 0 bridgehead atoms. The van der Waals surface area contributed by atoms with Gasteiger partial charge in [0.25, 0.3) is 5.91 Å². The molecule has 0 aromatic carbocycles. The van der Waals surface area contributed by atoms with E-state index in [1.165, 1.54) is 19.3 Å². The van der Waals surface area contributed by atoms with Crippen LogP contribution in [0.15, 0.2) is 11.0 Å². The number of rotatable bonds is 1. The summed E-state index contributed by atoms with van der Waals surface area (Å²) < 4.78 is 1.81. The lowest BCUT2D eigenvalue weighted by atomic mass is 9.81. The van der Waals surface area contributed by atoms with Crippen molar-refractivity contribution in [3.05, 3.63) is 27.7 Å². The highest BCUT2D eigenvalue weighted by Crippen LogP contribution is 2.47. The average Bonchev–Trinajstić information content (AvgIpc) is 3.29. The normalized spacial score (nSPS) is 30.9. The molecule has 2 fully saturated rings. The van der Waals surface area contributed by atoms with Crippen LogP contribution >= 0.6 is 0 Å². The van der Waals surface area contributed by atoms with Crippen LogP contribution in [-0.2, 0) is 6.54 Å². The van der Waals surface area contributed by atoms with Gasteiger partial charge in [-0.1, -0.05) is 0 Å². The number of hydrogen-bond acceptors (Lipinski definition) is 3. The van der Waals surface area contributed by atoms with Crippen LogP contribution in [0.5, 0.6) is 5.75 Å². The van der Waals surface area contributed by atoms with Gasteiger partial charge >= 0.3 is 0 Å². The molecule has 2 aliphatic heterocycles. The monoisotopic (exact) mass is 302 g/mol. The minimum Gasteiger partial charge on any atom is -0.503 e. The van der Waals surface area contributed by atoms with Gasteiger partial charge in [-0.25, -0.2) is 0 Å². The molecule has 1 unspecified atom stereocenters. The van der Waals surface area contributed by atoms with E-state index in [0.29, 0.717) is 18.0 Å². The molecule has 1 N–H and O–H groups in total. The zero-order valence-corrected chi connectivity index (χ0v) is 13.1. The van der Waals surface area contributed by atoms with E-state index < -0.39 is 5.43 Å². The van der Waals surface area contributed by atoms with E-state index in [1.807, 2.05) is 9.47 Å². The predicted octanol–water partition coefficient (Wildman–Crippen LogP) is 1.90. The second-order valence-electron chi connectivity index (χ2n) is 7.20. The Hall–Kier alpha value is -1.78. The Balaban J connectivity index is 1.83. The molecule has 1 amide bonds. The van der Waals surface area contributed by atoms with Crippen LogP contribution in [0.25, 0.3) is 0 Å². The first kappa shape index (κ1) is 13.9. The lowest BCUT2D eigenvalue weighted by Crippen LogP contribution is -2.58. The molecule has 4 rings (SSSR count). The third-order valence-corrected chi connectivity index (χ3v) is 5.73. The molecular formula is C17H22N2O3. The summed E-state index contributed by atoms with van der Waals surface area (Å²) in [6.07, 6.45) is 6.48. The molecule has 22 heavy (non-hydrogen) atoms. The summed E-state index contributed by atoms with van der Waals surface area (Å²) in [5, 5.41) is 10.2. The van der Waals surface area contributed by atoms with E-state index >= 15 is 0 Å². The minimum absolute atomic E-state index is 0.176. The van der Waals surface area contributed by atoms with E-state index in [4.69, 9.17) is 0 Å². The number of hydrogen-bond donors (Lipinski definition) is 1. The summed E-state index contributed by atoms with van der Waals surface area (Å²) in [7, 11) is 0. The molecule has 1 saturated carbocycles. The van der Waals surface area contributed by atoms with Gasteiger partial charge in [-0.05, 0) is 51.4 Å². The van der Waals surface area contributed by atoms with Crippen molar-refractivity contribution in [3.8, 4) is 5.75 Å². The first-order chi connectivity index (χ1) is 10.5. The Bertz CT molecular complexity index is 705. The van der Waals surface area contributed by atoms with Crippen molar-refractivity contribution in [1.82, 2.24) is 9.47 Å². The maximum atomic E-state index is 12.9. The Morgan fingerprint density at radius 3 is 2.59 bits per heavy atom. The van der Waals surface area contributed by atoms with Crippen molar-refractivity contribution >= 4 is 5.91 Å². The summed E-state index contributed by atoms with van der Waals surface area (Å²) >= 11 is 0. The summed E-state index contributed by atoms with van der Waals surface area (Å²) in [6, 6.07) is 0.384. The van der Waals surface area contributed by atoms with E-state index in [0.717, 1.165) is 12.3 Å². The summed E-state index contributed by atoms with van der Waals surface area (Å²) in [5.41, 5.74) is 0.242. The largest absolute Gasteiger partial charge is 0.503 e. The summed E-state index contributed by atoms with van der Waals surface area (Å²) in [6.45, 7) is 4.46. The molecule has 5 nitrogen and oxygen atoms in total. The quantitative estimate of drug-likeness (QED) is 0.862. The van der Waals surface area contributed by atoms with Crippen LogP contribution < -0.4 is 5.43 Å². The number of nitrogens with zero attached hydrogens (tertiary/aromatic N) is 2. The fourth-order valence-electron chi connectivity index (χ4n) is 4.43. The zero-order valence-electron chi connectivity index (χ0n) is 13.1. The highest BCUT2D eigenvalue weighted by atomic mass is 16.3. The average molecular weight is 302 g/mol. The maximum absolute atomic E-state index is 12.9. The van der Waals surface area contributed by atoms with E-state index in [-0.39, 0.29) is 29.4 Å². The fourth-order valence-corrected chi connectivity index (χ4v) is 4.43. The van der Waals surface area contributed by atoms with Crippen molar-refractivity contribution in [2.45, 2.75) is 58.2 Å². The number of carbonyl (C=O) groups excluding carboxylic acids is 1. The number of aryl methyl sites for hydroxylation is 1. The van der Waals surface area contributed by atoms with Gasteiger partial charge in [0.15, 0.2) is 11.4 Å². The van der Waals surface area contributed by atoms with Crippen LogP contribution in [0.1, 0.15) is 48.7 Å². The number of aromatic hydroxyl groups is 1. The SMILES string of the molecule is Cc1cn2c(c(O)c1=O)C(=O)N1[C@@H](C)CCC(C3CC3)[C@@H]1C2. The maximum Gasteiger partial charge on any atom is 0.275 e. The topological polar surface area (TPSA) is 62.5 Å². The molecule has 5 heteroatoms. The van der Waals surface area contributed by atoms with Crippen molar-refractivity contribution in [2.75, 3.05) is 0 Å². The number of amides is 1. The van der Waals surface area contributed by atoms with Gasteiger partial charge in [-0.3, -0.25) is 9.59 Å². The number of aromatic nitrogens is 1. The Kier molecular flexibility index (Phi) is 2.90. The van der Waals surface area contributed by atoms with Gasteiger partial charge in [0, 0.05) is 24.3 Å². The second-order valence-corrected chi connectivity index (χ2v) is 7.20. The highest BCUT2D eigenvalue weighted by molar-refractivity contribution is 5.96. The molecule has 0 spiro atoms. The Morgan fingerprint density at radius 2 is 1.91 bits per heavy atom. The van der Waals surface area contributed by atoms with Gasteiger partial charge in [-0.2, -0.15) is 0 Å². The summed E-state index contributed by atoms with van der Waals surface area (Å²) in [4.78, 5) is 26.9. The molecule has 3 atom stereocenters. The number of carbonyl (C=O) groups is 1. The number of piperidine rings is 1. The van der Waals surface area contributed by atoms with Crippen molar-refractivity contribution in [3.63, 3.8) is 0 Å². The molecule has 1 aliphatic carbocycles. The lowest BCUT2D eigenvalue weighted by molar-refractivity contribution is 0.0120. The first-order valence-corrected chi connectivity index (χ1v) is 8.24. The first-order valence-electron chi connectivity index (χ1n) is 8.24. The van der Waals surface area contributed by atoms with Crippen molar-refractivity contribution in [1.29, 1.82) is 0 Å². The minimum atomic E-state index is -0.429. The molecule has 1 aromatic heterocycles. The van der Waals surface area contributed by atoms with Crippen molar-refractivity contribution in [2.24, 2.45) is 11.8 Å². The van der Waals surface area contributed by atoms with Gasteiger partial charge in [-0.15, -0.1) is 0 Å². The van der Waals surface area contributed by atoms with Crippen molar-refractivity contribution < 1.29 is 9.90 Å².